The Morgan fingerprint density at radius 2 is 1.61 bits per heavy atom. The predicted octanol–water partition coefficient (Wildman–Crippen LogP) is 3.18. The van der Waals surface area contributed by atoms with Crippen LogP contribution in [0.25, 0.3) is 0 Å². The fraction of sp³-hybridized carbons (Fsp3) is 0.611. The maximum absolute atomic E-state index is 12.6. The molecule has 1 saturated heterocycles. The second-order valence-electron chi connectivity index (χ2n) is 8.04. The molecule has 0 aromatic heterocycles. The summed E-state index contributed by atoms with van der Waals surface area (Å²) in [5, 5.41) is 3.52. The van der Waals surface area contributed by atoms with Crippen LogP contribution in [0.5, 0.6) is 0 Å². The predicted molar refractivity (Wildman–Crippen MR) is 94.8 cm³/mol. The summed E-state index contributed by atoms with van der Waals surface area (Å²) in [5.74, 6) is 0.194. The highest BCUT2D eigenvalue weighted by molar-refractivity contribution is 8.08. The number of allylic oxidation sites excluding steroid dienone is 1. The van der Waals surface area contributed by atoms with Crippen LogP contribution >= 0.6 is 11.8 Å². The topological polar surface area (TPSA) is 58.5 Å². The average molecular weight is 332 g/mol. The van der Waals surface area contributed by atoms with Crippen molar-refractivity contribution in [1.29, 1.82) is 0 Å². The molecule has 0 aromatic rings. The van der Waals surface area contributed by atoms with Gasteiger partial charge in [-0.15, -0.1) is 0 Å². The molecule has 1 atom stereocenters. The molecule has 0 spiro atoms. The Balaban J connectivity index is 2.18. The van der Waals surface area contributed by atoms with Crippen LogP contribution < -0.4 is 5.32 Å². The molecule has 1 fully saturated rings. The molecule has 0 aromatic carbocycles. The normalized spacial score (nSPS) is 32.6. The van der Waals surface area contributed by atoms with Crippen molar-refractivity contribution in [1.82, 2.24) is 5.32 Å². The van der Waals surface area contributed by atoms with E-state index in [1.165, 1.54) is 0 Å². The van der Waals surface area contributed by atoms with Crippen LogP contribution in [-0.4, -0.2) is 33.9 Å². The van der Waals surface area contributed by atoms with E-state index in [0.717, 1.165) is 26.7 Å². The summed E-state index contributed by atoms with van der Waals surface area (Å²) in [4.78, 5) is 31.8. The van der Waals surface area contributed by atoms with Gasteiger partial charge in [-0.1, -0.05) is 11.8 Å². The first-order valence-corrected chi connectivity index (χ1v) is 8.79. The maximum Gasteiger partial charge on any atom is 0.186 e. The summed E-state index contributed by atoms with van der Waals surface area (Å²) in [6.45, 7) is 13.5. The van der Waals surface area contributed by atoms with E-state index in [2.05, 4.69) is 12.2 Å². The van der Waals surface area contributed by atoms with Crippen molar-refractivity contribution in [2.75, 3.05) is 0 Å². The molecule has 3 rings (SSSR count). The van der Waals surface area contributed by atoms with Crippen molar-refractivity contribution in [2.24, 2.45) is 4.99 Å². The smallest absolute Gasteiger partial charge is 0.186 e. The van der Waals surface area contributed by atoms with Crippen molar-refractivity contribution in [2.45, 2.75) is 71.5 Å². The van der Waals surface area contributed by atoms with Gasteiger partial charge in [-0.05, 0) is 48.5 Å². The summed E-state index contributed by atoms with van der Waals surface area (Å²) in [6, 6.07) is 0. The van der Waals surface area contributed by atoms with E-state index in [1.54, 1.807) is 11.8 Å². The van der Waals surface area contributed by atoms with Crippen molar-refractivity contribution in [3.8, 4) is 0 Å². The van der Waals surface area contributed by atoms with Gasteiger partial charge in [-0.25, -0.2) is 0 Å². The number of hydrogen-bond donors (Lipinski definition) is 1. The molecule has 0 bridgehead atoms. The van der Waals surface area contributed by atoms with Crippen LogP contribution in [0.15, 0.2) is 25.9 Å². The minimum absolute atomic E-state index is 0.0704. The van der Waals surface area contributed by atoms with Gasteiger partial charge < -0.3 is 0 Å². The Morgan fingerprint density at radius 1 is 1.00 bits per heavy atom. The minimum atomic E-state index is -0.698. The van der Waals surface area contributed by atoms with Gasteiger partial charge in [0.15, 0.2) is 11.6 Å². The molecule has 23 heavy (non-hydrogen) atoms. The van der Waals surface area contributed by atoms with Gasteiger partial charge in [-0.2, -0.15) is 0 Å². The van der Waals surface area contributed by atoms with Gasteiger partial charge in [0.2, 0.25) is 0 Å². The first-order valence-electron chi connectivity index (χ1n) is 7.97. The maximum atomic E-state index is 12.6. The highest BCUT2D eigenvalue weighted by Gasteiger charge is 2.51. The molecule has 3 aliphatic rings. The van der Waals surface area contributed by atoms with Crippen LogP contribution in [0.2, 0.25) is 0 Å². The Bertz CT molecular complexity index is 740. The lowest BCUT2D eigenvalue weighted by atomic mass is 9.78. The molecule has 0 aliphatic carbocycles. The number of hydrogen-bond acceptors (Lipinski definition) is 5. The lowest BCUT2D eigenvalue weighted by Crippen LogP contribution is -2.64. The molecular formula is C18H24N2O2S. The van der Waals surface area contributed by atoms with Gasteiger partial charge in [0, 0.05) is 27.4 Å². The van der Waals surface area contributed by atoms with Gasteiger partial charge in [0.05, 0.1) is 16.8 Å². The van der Waals surface area contributed by atoms with Crippen LogP contribution in [0.1, 0.15) is 54.9 Å². The van der Waals surface area contributed by atoms with E-state index in [0.29, 0.717) is 6.42 Å². The van der Waals surface area contributed by atoms with E-state index in [9.17, 15) is 9.59 Å². The number of Topliss-reactive ketones (excluding diaryl/α,β-unsaturated/α-hetero) is 2. The number of fused-ring (bicyclic) bond motifs is 2. The molecule has 0 saturated carbocycles. The van der Waals surface area contributed by atoms with Gasteiger partial charge in [0.1, 0.15) is 5.54 Å². The van der Waals surface area contributed by atoms with Crippen molar-refractivity contribution >= 4 is 29.0 Å². The van der Waals surface area contributed by atoms with Crippen LogP contribution in [0.3, 0.4) is 0 Å². The number of carbonyl (C=O) groups is 2. The second-order valence-corrected chi connectivity index (χ2v) is 9.07. The first-order chi connectivity index (χ1) is 10.4. The average Bonchev–Trinajstić information content (AvgIpc) is 2.40. The van der Waals surface area contributed by atoms with E-state index in [1.807, 2.05) is 41.5 Å². The number of carbonyl (C=O) groups excluding carboxylic acids is 2. The molecule has 0 unspecified atom stereocenters. The van der Waals surface area contributed by atoms with E-state index < -0.39 is 11.1 Å². The van der Waals surface area contributed by atoms with E-state index in [-0.39, 0.29) is 17.1 Å². The largest absolute Gasteiger partial charge is 0.295 e. The SMILES string of the molecule is CC1=C2SC3=C(C)C(=O)C(C)(C)N[C@]3(C)CC2=NC(C)(C)C1=O. The lowest BCUT2D eigenvalue weighted by Gasteiger charge is -2.49. The summed E-state index contributed by atoms with van der Waals surface area (Å²) in [7, 11) is 0. The number of ketones is 2. The van der Waals surface area contributed by atoms with E-state index in [4.69, 9.17) is 4.99 Å². The van der Waals surface area contributed by atoms with Crippen LogP contribution in [0.4, 0.5) is 0 Å². The van der Waals surface area contributed by atoms with Gasteiger partial charge in [0.25, 0.3) is 0 Å². The summed E-state index contributed by atoms with van der Waals surface area (Å²) >= 11 is 1.55. The molecule has 0 amide bonds. The van der Waals surface area contributed by atoms with Crippen LogP contribution in [0, 0.1) is 0 Å². The Hall–Kier alpha value is -1.20. The summed E-state index contributed by atoms with van der Waals surface area (Å²) in [5.41, 5.74) is 0.956. The molecular weight excluding hydrogens is 308 g/mol. The summed E-state index contributed by atoms with van der Waals surface area (Å²) in [6.07, 6.45) is 0.701. The fourth-order valence-electron chi connectivity index (χ4n) is 4.01. The Kier molecular flexibility index (Phi) is 3.38. The standard InChI is InChI=1S/C18H24N2O2S/c1-9-12-11(19-16(3,4)13(9)21)8-18(7)15(23-12)10(2)14(22)17(5,6)20-18/h20H,8H2,1-7H3/t18-/m1/s1. The van der Waals surface area contributed by atoms with E-state index >= 15 is 0 Å². The molecule has 0 radical (unpaired) electrons. The van der Waals surface area contributed by atoms with Crippen molar-refractivity contribution in [3.63, 3.8) is 0 Å². The first kappa shape index (κ1) is 16.7. The highest BCUT2D eigenvalue weighted by Crippen LogP contribution is 2.50. The third-order valence-corrected chi connectivity index (χ3v) is 6.68. The molecule has 1 N–H and O–H groups in total. The lowest BCUT2D eigenvalue weighted by molar-refractivity contribution is -0.122. The molecule has 3 aliphatic heterocycles. The molecule has 5 heteroatoms. The number of nitrogens with zero attached hydrogens (tertiary/aromatic N) is 1. The third kappa shape index (κ3) is 2.28. The van der Waals surface area contributed by atoms with Gasteiger partial charge >= 0.3 is 0 Å². The Labute approximate surface area is 141 Å². The summed E-state index contributed by atoms with van der Waals surface area (Å²) < 4.78 is 0. The fourth-order valence-corrected chi connectivity index (χ4v) is 5.29. The van der Waals surface area contributed by atoms with Crippen LogP contribution in [-0.2, 0) is 9.59 Å². The number of rotatable bonds is 0. The monoisotopic (exact) mass is 332 g/mol. The zero-order valence-electron chi connectivity index (χ0n) is 14.9. The molecule has 124 valence electrons. The third-order valence-electron chi connectivity index (χ3n) is 4.98. The minimum Gasteiger partial charge on any atom is -0.295 e. The highest BCUT2D eigenvalue weighted by atomic mass is 32.2. The molecule has 3 heterocycles. The molecule has 4 nitrogen and oxygen atoms in total. The zero-order valence-corrected chi connectivity index (χ0v) is 15.7. The number of aliphatic imine (C=N–C) groups is 1. The zero-order chi connectivity index (χ0) is 17.4. The number of thioether (sulfide) groups is 1. The van der Waals surface area contributed by atoms with Gasteiger partial charge in [-0.3, -0.25) is 19.9 Å². The van der Waals surface area contributed by atoms with Crippen molar-refractivity contribution < 1.29 is 9.59 Å². The number of nitrogens with one attached hydrogen (secondary N) is 1. The quantitative estimate of drug-likeness (QED) is 0.740. The van der Waals surface area contributed by atoms with Crippen molar-refractivity contribution in [3.05, 3.63) is 21.0 Å². The Morgan fingerprint density at radius 3 is 2.22 bits per heavy atom. The second kappa shape index (κ2) is 4.67. The number of dihydropyridines is 1.